The van der Waals surface area contributed by atoms with Gasteiger partial charge in [-0.1, -0.05) is 0 Å². The van der Waals surface area contributed by atoms with Gasteiger partial charge in [0, 0.05) is 31.9 Å². The van der Waals surface area contributed by atoms with Gasteiger partial charge in [-0.05, 0) is 36.1 Å². The van der Waals surface area contributed by atoms with Crippen molar-refractivity contribution >= 4 is 11.7 Å². The normalized spacial score (nSPS) is 26.2. The number of rotatable bonds is 2. The smallest absolute Gasteiger partial charge is 0.337 e. The third-order valence-corrected chi connectivity index (χ3v) is 4.04. The summed E-state index contributed by atoms with van der Waals surface area (Å²) in [5, 5.41) is 3.44. The van der Waals surface area contributed by atoms with Gasteiger partial charge in [0.1, 0.15) is 0 Å². The number of carbonyl (C=O) groups is 1. The van der Waals surface area contributed by atoms with Crippen molar-refractivity contribution in [3.8, 4) is 0 Å². The zero-order valence-electron chi connectivity index (χ0n) is 10.6. The van der Waals surface area contributed by atoms with Crippen molar-refractivity contribution in [3.05, 3.63) is 29.8 Å². The molecule has 1 aromatic carbocycles. The number of methoxy groups -OCH3 is 1. The average molecular weight is 246 g/mol. The molecular weight excluding hydrogens is 228 g/mol. The van der Waals surface area contributed by atoms with Crippen LogP contribution in [0, 0.1) is 11.8 Å². The van der Waals surface area contributed by atoms with Crippen LogP contribution < -0.4 is 10.2 Å². The first kappa shape index (κ1) is 11.5. The van der Waals surface area contributed by atoms with Crippen LogP contribution in [0.4, 0.5) is 5.69 Å². The van der Waals surface area contributed by atoms with E-state index in [2.05, 4.69) is 10.2 Å². The molecule has 2 atom stereocenters. The number of hydrogen-bond donors (Lipinski definition) is 1. The zero-order valence-corrected chi connectivity index (χ0v) is 10.6. The van der Waals surface area contributed by atoms with Gasteiger partial charge in [0.05, 0.1) is 12.7 Å². The molecule has 0 spiro atoms. The lowest BCUT2D eigenvalue weighted by molar-refractivity contribution is 0.0601. The fraction of sp³-hybridized carbons (Fsp3) is 0.500. The van der Waals surface area contributed by atoms with Crippen molar-refractivity contribution in [2.24, 2.45) is 11.8 Å². The van der Waals surface area contributed by atoms with Crippen LogP contribution in [-0.2, 0) is 4.74 Å². The number of anilines is 1. The van der Waals surface area contributed by atoms with Crippen LogP contribution in [0.3, 0.4) is 0 Å². The Morgan fingerprint density at radius 2 is 1.83 bits per heavy atom. The predicted molar refractivity (Wildman–Crippen MR) is 69.8 cm³/mol. The summed E-state index contributed by atoms with van der Waals surface area (Å²) in [6.45, 7) is 4.52. The highest BCUT2D eigenvalue weighted by molar-refractivity contribution is 5.89. The summed E-state index contributed by atoms with van der Waals surface area (Å²) in [6.07, 6.45) is 0. The van der Waals surface area contributed by atoms with Gasteiger partial charge >= 0.3 is 5.97 Å². The molecule has 0 bridgehead atoms. The molecule has 0 radical (unpaired) electrons. The Bertz CT molecular complexity index is 432. The number of nitrogens with zero attached hydrogens (tertiary/aromatic N) is 1. The molecule has 0 aliphatic carbocycles. The Hall–Kier alpha value is -1.55. The molecule has 3 rings (SSSR count). The van der Waals surface area contributed by atoms with Gasteiger partial charge in [-0.3, -0.25) is 0 Å². The van der Waals surface area contributed by atoms with E-state index in [0.717, 1.165) is 38.0 Å². The second-order valence-corrected chi connectivity index (χ2v) is 5.12. The van der Waals surface area contributed by atoms with Gasteiger partial charge in [-0.15, -0.1) is 0 Å². The average Bonchev–Trinajstić information content (AvgIpc) is 2.99. The molecule has 18 heavy (non-hydrogen) atoms. The Balaban J connectivity index is 1.72. The van der Waals surface area contributed by atoms with E-state index < -0.39 is 0 Å². The van der Waals surface area contributed by atoms with Gasteiger partial charge in [0.15, 0.2) is 0 Å². The van der Waals surface area contributed by atoms with Gasteiger partial charge in [0.2, 0.25) is 0 Å². The quantitative estimate of drug-likeness (QED) is 0.794. The molecule has 2 aliphatic heterocycles. The van der Waals surface area contributed by atoms with E-state index in [1.54, 1.807) is 0 Å². The molecule has 0 saturated carbocycles. The van der Waals surface area contributed by atoms with Gasteiger partial charge in [0.25, 0.3) is 0 Å². The van der Waals surface area contributed by atoms with Gasteiger partial charge in [-0.25, -0.2) is 4.79 Å². The molecule has 2 heterocycles. The summed E-state index contributed by atoms with van der Waals surface area (Å²) in [4.78, 5) is 13.8. The highest BCUT2D eigenvalue weighted by Gasteiger charge is 2.35. The summed E-state index contributed by atoms with van der Waals surface area (Å²) in [5.41, 5.74) is 1.82. The number of carbonyl (C=O) groups excluding carboxylic acids is 1. The summed E-state index contributed by atoms with van der Waals surface area (Å²) in [6, 6.07) is 7.71. The van der Waals surface area contributed by atoms with Gasteiger partial charge < -0.3 is 15.0 Å². The summed E-state index contributed by atoms with van der Waals surface area (Å²) in [7, 11) is 1.41. The molecular formula is C14H18N2O2. The standard InChI is InChI=1S/C14H18N2O2/c1-18-14(17)10-2-4-13(5-3-10)16-8-11-6-15-7-12(11)9-16/h2-5,11-12,15H,6-9H2,1H3/t11-,12+. The van der Waals surface area contributed by atoms with E-state index in [1.165, 1.54) is 12.8 Å². The first-order valence-corrected chi connectivity index (χ1v) is 6.42. The maximum Gasteiger partial charge on any atom is 0.337 e. The minimum atomic E-state index is -0.274. The summed E-state index contributed by atoms with van der Waals surface area (Å²) >= 11 is 0. The summed E-state index contributed by atoms with van der Waals surface area (Å²) < 4.78 is 4.70. The minimum Gasteiger partial charge on any atom is -0.465 e. The second kappa shape index (κ2) is 4.61. The lowest BCUT2D eigenvalue weighted by Crippen LogP contribution is -2.25. The van der Waals surface area contributed by atoms with Crippen LogP contribution in [0.25, 0.3) is 0 Å². The Labute approximate surface area is 107 Å². The predicted octanol–water partition coefficient (Wildman–Crippen LogP) is 1.13. The number of benzene rings is 1. The van der Waals surface area contributed by atoms with Gasteiger partial charge in [-0.2, -0.15) is 0 Å². The fourth-order valence-electron chi connectivity index (χ4n) is 2.99. The molecule has 0 amide bonds. The van der Waals surface area contributed by atoms with Crippen LogP contribution in [0.2, 0.25) is 0 Å². The van der Waals surface area contributed by atoms with Crippen molar-refractivity contribution in [2.45, 2.75) is 0 Å². The maximum absolute atomic E-state index is 11.4. The second-order valence-electron chi connectivity index (χ2n) is 5.12. The van der Waals surface area contributed by atoms with Crippen LogP contribution in [-0.4, -0.2) is 39.3 Å². The number of hydrogen-bond acceptors (Lipinski definition) is 4. The molecule has 0 aromatic heterocycles. The highest BCUT2D eigenvalue weighted by atomic mass is 16.5. The lowest BCUT2D eigenvalue weighted by Gasteiger charge is -2.19. The number of fused-ring (bicyclic) bond motifs is 1. The first-order valence-electron chi connectivity index (χ1n) is 6.42. The number of ether oxygens (including phenoxy) is 1. The number of nitrogens with one attached hydrogen (secondary N) is 1. The van der Waals surface area contributed by atoms with Crippen molar-refractivity contribution in [3.63, 3.8) is 0 Å². The SMILES string of the molecule is COC(=O)c1ccc(N2C[C@H]3CNC[C@H]3C2)cc1. The third kappa shape index (κ3) is 1.97. The molecule has 2 fully saturated rings. The van der Waals surface area contributed by atoms with Crippen molar-refractivity contribution < 1.29 is 9.53 Å². The monoisotopic (exact) mass is 246 g/mol. The van der Waals surface area contributed by atoms with E-state index in [4.69, 9.17) is 4.74 Å². The highest BCUT2D eigenvalue weighted by Crippen LogP contribution is 2.30. The van der Waals surface area contributed by atoms with Crippen molar-refractivity contribution in [2.75, 3.05) is 38.2 Å². The molecule has 2 aliphatic rings. The molecule has 96 valence electrons. The zero-order chi connectivity index (χ0) is 12.5. The molecule has 1 N–H and O–H groups in total. The maximum atomic E-state index is 11.4. The third-order valence-electron chi connectivity index (χ3n) is 4.04. The van der Waals surface area contributed by atoms with E-state index in [-0.39, 0.29) is 5.97 Å². The Morgan fingerprint density at radius 1 is 1.22 bits per heavy atom. The van der Waals surface area contributed by atoms with E-state index >= 15 is 0 Å². The Kier molecular flexibility index (Phi) is 2.96. The van der Waals surface area contributed by atoms with Crippen molar-refractivity contribution in [1.82, 2.24) is 5.32 Å². The Morgan fingerprint density at radius 3 is 2.39 bits per heavy atom. The topological polar surface area (TPSA) is 41.6 Å². The molecule has 4 heteroatoms. The van der Waals surface area contributed by atoms with Crippen LogP contribution in [0.5, 0.6) is 0 Å². The molecule has 4 nitrogen and oxygen atoms in total. The minimum absolute atomic E-state index is 0.274. The van der Waals surface area contributed by atoms with E-state index in [1.807, 2.05) is 24.3 Å². The molecule has 1 aromatic rings. The molecule has 2 saturated heterocycles. The first-order chi connectivity index (χ1) is 8.78. The number of esters is 1. The van der Waals surface area contributed by atoms with Crippen LogP contribution in [0.1, 0.15) is 10.4 Å². The fourth-order valence-corrected chi connectivity index (χ4v) is 2.99. The van der Waals surface area contributed by atoms with Crippen LogP contribution >= 0.6 is 0 Å². The van der Waals surface area contributed by atoms with E-state index in [0.29, 0.717) is 5.56 Å². The summed E-state index contributed by atoms with van der Waals surface area (Å²) in [5.74, 6) is 1.29. The largest absolute Gasteiger partial charge is 0.465 e. The molecule has 0 unspecified atom stereocenters. The van der Waals surface area contributed by atoms with Crippen LogP contribution in [0.15, 0.2) is 24.3 Å². The van der Waals surface area contributed by atoms with E-state index in [9.17, 15) is 4.79 Å². The lowest BCUT2D eigenvalue weighted by atomic mass is 10.0. The van der Waals surface area contributed by atoms with Crippen molar-refractivity contribution in [1.29, 1.82) is 0 Å².